The van der Waals surface area contributed by atoms with Gasteiger partial charge >= 0.3 is 0 Å². The lowest BCUT2D eigenvalue weighted by Gasteiger charge is -2.16. The molecule has 4 atom stereocenters. The Kier molecular flexibility index (Phi) is 3.16. The smallest absolute Gasteiger partial charge is 0.146 e. The fourth-order valence-electron chi connectivity index (χ4n) is 2.00. The molecule has 0 bridgehead atoms. The van der Waals surface area contributed by atoms with Gasteiger partial charge in [-0.3, -0.25) is 0 Å². The van der Waals surface area contributed by atoms with E-state index < -0.39 is 24.3 Å². The molecule has 1 aliphatic heterocycles. The van der Waals surface area contributed by atoms with Gasteiger partial charge in [-0.15, -0.1) is 0 Å². The van der Waals surface area contributed by atoms with Crippen LogP contribution in [-0.4, -0.2) is 45.2 Å². The maximum absolute atomic E-state index is 9.85. The van der Waals surface area contributed by atoms with Gasteiger partial charge < -0.3 is 32.1 Å². The van der Waals surface area contributed by atoms with E-state index >= 15 is 0 Å². The van der Waals surface area contributed by atoms with E-state index in [0.29, 0.717) is 11.3 Å². The average Bonchev–Trinajstić information content (AvgIpc) is 2.60. The summed E-state index contributed by atoms with van der Waals surface area (Å²) in [7, 11) is 0. The van der Waals surface area contributed by atoms with Crippen LogP contribution in [0.25, 0.3) is 0 Å². The molecule has 1 saturated heterocycles. The molecule has 0 aromatic carbocycles. The van der Waals surface area contributed by atoms with Crippen LogP contribution in [0, 0.1) is 0 Å². The fraction of sp³-hybridized carbons (Fsp3) is 0.500. The number of rotatable bonds is 2. The van der Waals surface area contributed by atoms with Crippen molar-refractivity contribution in [2.75, 3.05) is 18.1 Å². The van der Waals surface area contributed by atoms with Crippen molar-refractivity contribution in [1.82, 2.24) is 10.3 Å². The lowest BCUT2D eigenvalue weighted by Crippen LogP contribution is -2.35. The number of nitrogens with two attached hydrogens (primary N) is 2. The number of hydrogen-bond acceptors (Lipinski definition) is 7. The molecule has 17 heavy (non-hydrogen) atoms. The monoisotopic (exact) mass is 240 g/mol. The van der Waals surface area contributed by atoms with Crippen molar-refractivity contribution in [3.8, 4) is 0 Å². The predicted octanol–water partition coefficient (Wildman–Crippen LogP) is -2.03. The molecule has 1 aromatic rings. The van der Waals surface area contributed by atoms with E-state index in [1.165, 1.54) is 6.20 Å². The standard InChI is InChI=1S/C10H16N4O3/c11-5-1-4(2-13-10(5)12)7-9(17)8(16)6(3-15)14-7/h1-2,6-9,14-17H,3,11H2,(H2,12,13). The number of hydrogen-bond donors (Lipinski definition) is 6. The van der Waals surface area contributed by atoms with E-state index in [2.05, 4.69) is 10.3 Å². The Bertz CT molecular complexity index is 415. The summed E-state index contributed by atoms with van der Waals surface area (Å²) in [5, 5.41) is 31.5. The molecule has 0 aliphatic carbocycles. The molecule has 94 valence electrons. The van der Waals surface area contributed by atoms with E-state index in [1.54, 1.807) is 6.07 Å². The minimum Gasteiger partial charge on any atom is -0.396 e. The topological polar surface area (TPSA) is 138 Å². The Labute approximate surface area is 98.1 Å². The van der Waals surface area contributed by atoms with Crippen molar-refractivity contribution in [1.29, 1.82) is 0 Å². The van der Waals surface area contributed by atoms with Crippen LogP contribution in [0.3, 0.4) is 0 Å². The number of nitrogens with zero attached hydrogens (tertiary/aromatic N) is 1. The first-order valence-corrected chi connectivity index (χ1v) is 5.28. The van der Waals surface area contributed by atoms with Gasteiger partial charge in [0.15, 0.2) is 0 Å². The number of aromatic nitrogens is 1. The summed E-state index contributed by atoms with van der Waals surface area (Å²) < 4.78 is 0. The van der Waals surface area contributed by atoms with Crippen molar-refractivity contribution in [3.05, 3.63) is 17.8 Å². The van der Waals surface area contributed by atoms with Crippen molar-refractivity contribution in [2.45, 2.75) is 24.3 Å². The van der Waals surface area contributed by atoms with Crippen LogP contribution in [0.5, 0.6) is 0 Å². The summed E-state index contributed by atoms with van der Waals surface area (Å²) in [5.74, 6) is 0.223. The quantitative estimate of drug-likeness (QED) is 0.350. The zero-order valence-electron chi connectivity index (χ0n) is 9.11. The predicted molar refractivity (Wildman–Crippen MR) is 61.8 cm³/mol. The molecular weight excluding hydrogens is 224 g/mol. The maximum atomic E-state index is 9.85. The SMILES string of the molecule is Nc1cc(C2NC(CO)C(O)C2O)cnc1N. The van der Waals surface area contributed by atoms with Gasteiger partial charge in [0, 0.05) is 6.20 Å². The summed E-state index contributed by atoms with van der Waals surface area (Å²) in [5.41, 5.74) is 12.1. The van der Waals surface area contributed by atoms with Gasteiger partial charge in [0.1, 0.15) is 11.9 Å². The number of aliphatic hydroxyl groups is 3. The van der Waals surface area contributed by atoms with Crippen LogP contribution in [0.1, 0.15) is 11.6 Å². The van der Waals surface area contributed by atoms with Crippen LogP contribution < -0.4 is 16.8 Å². The second-order valence-corrected chi connectivity index (χ2v) is 4.16. The highest BCUT2D eigenvalue weighted by atomic mass is 16.3. The minimum atomic E-state index is -1.02. The molecule has 0 spiro atoms. The Balaban J connectivity index is 2.25. The molecule has 0 radical (unpaired) electrons. The van der Waals surface area contributed by atoms with Gasteiger partial charge in [0.2, 0.25) is 0 Å². The normalized spacial score (nSPS) is 32.9. The molecule has 8 N–H and O–H groups in total. The molecule has 0 amide bonds. The third-order valence-corrected chi connectivity index (χ3v) is 3.02. The van der Waals surface area contributed by atoms with E-state index in [-0.39, 0.29) is 12.4 Å². The third-order valence-electron chi connectivity index (χ3n) is 3.02. The maximum Gasteiger partial charge on any atom is 0.146 e. The first kappa shape index (κ1) is 12.1. The van der Waals surface area contributed by atoms with Crippen molar-refractivity contribution >= 4 is 11.5 Å². The second-order valence-electron chi connectivity index (χ2n) is 4.16. The number of nitrogen functional groups attached to an aromatic ring is 2. The molecule has 1 fully saturated rings. The first-order valence-electron chi connectivity index (χ1n) is 5.28. The number of anilines is 2. The highest BCUT2D eigenvalue weighted by Gasteiger charge is 2.41. The van der Waals surface area contributed by atoms with Gasteiger partial charge in [0.05, 0.1) is 30.5 Å². The molecule has 2 heterocycles. The number of pyridine rings is 1. The van der Waals surface area contributed by atoms with Crippen molar-refractivity contribution in [2.24, 2.45) is 0 Å². The molecule has 0 saturated carbocycles. The highest BCUT2D eigenvalue weighted by molar-refractivity contribution is 5.59. The summed E-state index contributed by atoms with van der Waals surface area (Å²) in [4.78, 5) is 3.89. The Hall–Kier alpha value is -1.41. The number of nitrogens with one attached hydrogen (secondary N) is 1. The second kappa shape index (κ2) is 4.46. The summed E-state index contributed by atoms with van der Waals surface area (Å²) in [6.07, 6.45) is -0.556. The lowest BCUT2D eigenvalue weighted by molar-refractivity contribution is 0.0194. The van der Waals surface area contributed by atoms with E-state index in [1.807, 2.05) is 0 Å². The van der Waals surface area contributed by atoms with Crippen LogP contribution in [0.4, 0.5) is 11.5 Å². The summed E-state index contributed by atoms with van der Waals surface area (Å²) in [6.45, 7) is -0.257. The Morgan fingerprint density at radius 2 is 2.00 bits per heavy atom. The average molecular weight is 240 g/mol. The van der Waals surface area contributed by atoms with E-state index in [9.17, 15) is 10.2 Å². The van der Waals surface area contributed by atoms with Crippen molar-refractivity contribution < 1.29 is 15.3 Å². The fourth-order valence-corrected chi connectivity index (χ4v) is 2.00. The molecule has 4 unspecified atom stereocenters. The molecule has 7 nitrogen and oxygen atoms in total. The van der Waals surface area contributed by atoms with Gasteiger partial charge in [-0.1, -0.05) is 0 Å². The molecular formula is C10H16N4O3. The lowest BCUT2D eigenvalue weighted by atomic mass is 10.0. The van der Waals surface area contributed by atoms with E-state index in [0.717, 1.165) is 0 Å². The van der Waals surface area contributed by atoms with Gasteiger partial charge in [-0.05, 0) is 11.6 Å². The summed E-state index contributed by atoms with van der Waals surface area (Å²) in [6, 6.07) is 0.515. The Morgan fingerprint density at radius 3 is 2.53 bits per heavy atom. The van der Waals surface area contributed by atoms with E-state index in [4.69, 9.17) is 16.6 Å². The van der Waals surface area contributed by atoms with Crippen LogP contribution in [0.15, 0.2) is 12.3 Å². The number of aliphatic hydroxyl groups excluding tert-OH is 3. The van der Waals surface area contributed by atoms with Crippen LogP contribution >= 0.6 is 0 Å². The van der Waals surface area contributed by atoms with Gasteiger partial charge in [0.25, 0.3) is 0 Å². The third kappa shape index (κ3) is 2.05. The summed E-state index contributed by atoms with van der Waals surface area (Å²) >= 11 is 0. The largest absolute Gasteiger partial charge is 0.396 e. The van der Waals surface area contributed by atoms with Gasteiger partial charge in [-0.2, -0.15) is 0 Å². The van der Waals surface area contributed by atoms with Crippen molar-refractivity contribution in [3.63, 3.8) is 0 Å². The zero-order valence-corrected chi connectivity index (χ0v) is 9.11. The molecule has 2 rings (SSSR count). The molecule has 7 heteroatoms. The zero-order chi connectivity index (χ0) is 12.6. The first-order chi connectivity index (χ1) is 8.04. The highest BCUT2D eigenvalue weighted by Crippen LogP contribution is 2.28. The minimum absolute atomic E-state index is 0.223. The van der Waals surface area contributed by atoms with Gasteiger partial charge in [-0.25, -0.2) is 4.98 Å². The van der Waals surface area contributed by atoms with Crippen LogP contribution in [0.2, 0.25) is 0 Å². The molecule has 1 aromatic heterocycles. The molecule has 1 aliphatic rings. The Morgan fingerprint density at radius 1 is 1.29 bits per heavy atom. The van der Waals surface area contributed by atoms with Crippen LogP contribution in [-0.2, 0) is 0 Å².